The summed E-state index contributed by atoms with van der Waals surface area (Å²) in [4.78, 5) is 0. The van der Waals surface area contributed by atoms with Crippen LogP contribution in [0.15, 0.2) is 37.6 Å². The molecule has 2 nitrogen and oxygen atoms in total. The van der Waals surface area contributed by atoms with Gasteiger partial charge in [0.05, 0.1) is 12.9 Å². The minimum absolute atomic E-state index is 0.623. The molecule has 1 aromatic carbocycles. The quantitative estimate of drug-likeness (QED) is 0.663. The van der Waals surface area contributed by atoms with Gasteiger partial charge < -0.3 is 9.47 Å². The second-order valence-electron chi connectivity index (χ2n) is 2.62. The fourth-order valence-corrected chi connectivity index (χ4v) is 1.13. The van der Waals surface area contributed by atoms with Gasteiger partial charge in [0.15, 0.2) is 0 Å². The Balaban J connectivity index is 2.99. The fraction of sp³-hybridized carbons (Fsp3) is 0.167. The summed E-state index contributed by atoms with van der Waals surface area (Å²) >= 11 is 0. The Morgan fingerprint density at radius 1 is 1.36 bits per heavy atom. The Labute approximate surface area is 84.5 Å². The first kappa shape index (κ1) is 10.4. The average molecular weight is 190 g/mol. The molecule has 0 radical (unpaired) electrons. The smallest absolute Gasteiger partial charge is 0.130 e. The van der Waals surface area contributed by atoms with Gasteiger partial charge in [0, 0.05) is 11.6 Å². The van der Waals surface area contributed by atoms with E-state index in [1.807, 2.05) is 25.1 Å². The van der Waals surface area contributed by atoms with Gasteiger partial charge in [-0.05, 0) is 19.1 Å². The third kappa shape index (κ3) is 2.39. The van der Waals surface area contributed by atoms with Gasteiger partial charge in [0.2, 0.25) is 0 Å². The lowest BCUT2D eigenvalue weighted by molar-refractivity contribution is 0.337. The lowest BCUT2D eigenvalue weighted by Crippen LogP contribution is -1.94. The van der Waals surface area contributed by atoms with Crippen molar-refractivity contribution in [3.05, 3.63) is 43.2 Å². The third-order valence-electron chi connectivity index (χ3n) is 1.72. The van der Waals surface area contributed by atoms with E-state index in [9.17, 15) is 0 Å². The van der Waals surface area contributed by atoms with Crippen molar-refractivity contribution in [2.75, 3.05) is 6.61 Å². The first-order valence-corrected chi connectivity index (χ1v) is 4.48. The lowest BCUT2D eigenvalue weighted by Gasteiger charge is -2.08. The van der Waals surface area contributed by atoms with Gasteiger partial charge >= 0.3 is 0 Å². The summed E-state index contributed by atoms with van der Waals surface area (Å²) in [5.41, 5.74) is 0.961. The predicted molar refractivity (Wildman–Crippen MR) is 58.5 cm³/mol. The van der Waals surface area contributed by atoms with Crippen LogP contribution in [0.2, 0.25) is 0 Å². The van der Waals surface area contributed by atoms with Crippen LogP contribution in [0.25, 0.3) is 6.08 Å². The molecule has 0 aliphatic rings. The summed E-state index contributed by atoms with van der Waals surface area (Å²) in [6.07, 6.45) is 3.14. The Kier molecular flexibility index (Phi) is 3.80. The molecule has 0 bridgehead atoms. The molecule has 0 fully saturated rings. The van der Waals surface area contributed by atoms with E-state index in [4.69, 9.17) is 9.47 Å². The Bertz CT molecular complexity index is 329. The monoisotopic (exact) mass is 190 g/mol. The van der Waals surface area contributed by atoms with E-state index in [1.165, 1.54) is 6.26 Å². The molecule has 1 aromatic rings. The van der Waals surface area contributed by atoms with Crippen molar-refractivity contribution < 1.29 is 9.47 Å². The standard InChI is InChI=1S/C12H14O2/c1-4-10-7-8-11(13-5-2)9-12(10)14-6-3/h4-5,7-9H,1-2,6H2,3H3. The predicted octanol–water partition coefficient (Wildman–Crippen LogP) is 3.25. The van der Waals surface area contributed by atoms with Crippen LogP contribution in [-0.2, 0) is 0 Å². The van der Waals surface area contributed by atoms with Crippen LogP contribution in [-0.4, -0.2) is 6.61 Å². The van der Waals surface area contributed by atoms with E-state index in [-0.39, 0.29) is 0 Å². The van der Waals surface area contributed by atoms with Crippen molar-refractivity contribution in [3.63, 3.8) is 0 Å². The highest BCUT2D eigenvalue weighted by Gasteiger charge is 2.01. The van der Waals surface area contributed by atoms with Crippen molar-refractivity contribution in [2.45, 2.75) is 6.92 Å². The molecule has 0 N–H and O–H groups in total. The molecule has 0 unspecified atom stereocenters. The second kappa shape index (κ2) is 5.12. The second-order valence-corrected chi connectivity index (χ2v) is 2.62. The van der Waals surface area contributed by atoms with Gasteiger partial charge in [-0.1, -0.05) is 19.2 Å². The topological polar surface area (TPSA) is 18.5 Å². The molecule has 74 valence electrons. The number of ether oxygens (including phenoxy) is 2. The Hall–Kier alpha value is -1.70. The van der Waals surface area contributed by atoms with E-state index in [0.717, 1.165) is 11.3 Å². The molecular formula is C12H14O2. The Morgan fingerprint density at radius 3 is 2.71 bits per heavy atom. The highest BCUT2D eigenvalue weighted by atomic mass is 16.5. The molecule has 0 aliphatic heterocycles. The normalized spacial score (nSPS) is 9.21. The molecule has 1 rings (SSSR count). The van der Waals surface area contributed by atoms with Gasteiger partial charge in [-0.15, -0.1) is 0 Å². The van der Waals surface area contributed by atoms with E-state index >= 15 is 0 Å². The summed E-state index contributed by atoms with van der Waals surface area (Å²) in [5, 5.41) is 0. The zero-order chi connectivity index (χ0) is 10.4. The van der Waals surface area contributed by atoms with Crippen molar-refractivity contribution in [3.8, 4) is 11.5 Å². The molecule has 0 spiro atoms. The molecule has 0 amide bonds. The lowest BCUT2D eigenvalue weighted by atomic mass is 10.2. The van der Waals surface area contributed by atoms with Gasteiger partial charge in [-0.2, -0.15) is 0 Å². The van der Waals surface area contributed by atoms with Gasteiger partial charge in [0.1, 0.15) is 11.5 Å². The molecule has 14 heavy (non-hydrogen) atoms. The highest BCUT2D eigenvalue weighted by Crippen LogP contribution is 2.25. The first-order chi connectivity index (χ1) is 6.81. The third-order valence-corrected chi connectivity index (χ3v) is 1.72. The fourth-order valence-electron chi connectivity index (χ4n) is 1.13. The van der Waals surface area contributed by atoms with E-state index < -0.39 is 0 Å². The molecule has 0 aliphatic carbocycles. The van der Waals surface area contributed by atoms with Gasteiger partial charge in [-0.25, -0.2) is 0 Å². The number of hydrogen-bond donors (Lipinski definition) is 0. The Morgan fingerprint density at radius 2 is 2.14 bits per heavy atom. The maximum absolute atomic E-state index is 5.43. The van der Waals surface area contributed by atoms with E-state index in [1.54, 1.807) is 6.08 Å². The molecular weight excluding hydrogens is 176 g/mol. The van der Waals surface area contributed by atoms with Crippen LogP contribution < -0.4 is 9.47 Å². The first-order valence-electron chi connectivity index (χ1n) is 4.48. The van der Waals surface area contributed by atoms with E-state index in [0.29, 0.717) is 12.4 Å². The minimum atomic E-state index is 0.623. The number of rotatable bonds is 5. The van der Waals surface area contributed by atoms with Crippen LogP contribution in [0.4, 0.5) is 0 Å². The molecule has 0 atom stereocenters. The number of hydrogen-bond acceptors (Lipinski definition) is 2. The molecule has 0 heterocycles. The van der Waals surface area contributed by atoms with Crippen LogP contribution in [0.5, 0.6) is 11.5 Å². The van der Waals surface area contributed by atoms with Crippen molar-refractivity contribution in [1.29, 1.82) is 0 Å². The largest absolute Gasteiger partial charge is 0.493 e. The molecule has 0 saturated carbocycles. The summed E-state index contributed by atoms with van der Waals surface area (Å²) in [6.45, 7) is 9.76. The van der Waals surface area contributed by atoms with Crippen LogP contribution >= 0.6 is 0 Å². The zero-order valence-corrected chi connectivity index (χ0v) is 8.32. The van der Waals surface area contributed by atoms with Crippen LogP contribution in [0.3, 0.4) is 0 Å². The summed E-state index contributed by atoms with van der Waals surface area (Å²) in [5.74, 6) is 1.50. The van der Waals surface area contributed by atoms with Crippen LogP contribution in [0, 0.1) is 0 Å². The average Bonchev–Trinajstić information content (AvgIpc) is 2.19. The van der Waals surface area contributed by atoms with Crippen molar-refractivity contribution >= 4 is 6.08 Å². The molecule has 0 saturated heterocycles. The minimum Gasteiger partial charge on any atom is -0.493 e. The zero-order valence-electron chi connectivity index (χ0n) is 8.32. The van der Waals surface area contributed by atoms with Gasteiger partial charge in [0.25, 0.3) is 0 Å². The summed E-state index contributed by atoms with van der Waals surface area (Å²) < 4.78 is 10.6. The highest BCUT2D eigenvalue weighted by molar-refractivity contribution is 5.57. The van der Waals surface area contributed by atoms with Crippen molar-refractivity contribution in [2.24, 2.45) is 0 Å². The number of benzene rings is 1. The maximum atomic E-state index is 5.43. The maximum Gasteiger partial charge on any atom is 0.130 e. The summed E-state index contributed by atoms with van der Waals surface area (Å²) in [7, 11) is 0. The molecule has 2 heteroatoms. The van der Waals surface area contributed by atoms with Crippen molar-refractivity contribution in [1.82, 2.24) is 0 Å². The SMILES string of the molecule is C=COc1ccc(C=C)c(OCC)c1. The van der Waals surface area contributed by atoms with Gasteiger partial charge in [-0.3, -0.25) is 0 Å². The van der Waals surface area contributed by atoms with E-state index in [2.05, 4.69) is 13.2 Å². The summed E-state index contributed by atoms with van der Waals surface area (Å²) in [6, 6.07) is 5.57. The molecule has 0 aromatic heterocycles. The van der Waals surface area contributed by atoms with Crippen LogP contribution in [0.1, 0.15) is 12.5 Å².